The molecule has 0 aliphatic rings. The van der Waals surface area contributed by atoms with Crippen LogP contribution in [-0.4, -0.2) is 23.7 Å². The van der Waals surface area contributed by atoms with Gasteiger partial charge in [0, 0.05) is 11.1 Å². The topological polar surface area (TPSA) is 18.5 Å². The maximum atomic E-state index is 5.51. The molecule has 2 nitrogen and oxygen atoms in total. The van der Waals surface area contributed by atoms with Crippen LogP contribution in [0.1, 0.15) is 25.0 Å². The molecule has 3 heteroatoms. The number of hydrogen-bond donors (Lipinski definition) is 0. The molecular formula is C20H22O2Si. The lowest BCUT2D eigenvalue weighted by Crippen LogP contribution is -2.32. The zero-order chi connectivity index (χ0) is 17.0. The van der Waals surface area contributed by atoms with Crippen molar-refractivity contribution in [2.24, 2.45) is 0 Å². The van der Waals surface area contributed by atoms with Crippen LogP contribution in [0.4, 0.5) is 0 Å². The summed E-state index contributed by atoms with van der Waals surface area (Å²) in [5.41, 5.74) is 4.18. The number of methoxy groups -OCH3 is 2. The average Bonchev–Trinajstić information content (AvgIpc) is 2.53. The standard InChI is InChI=1S/C20H22O2Si/c1-13(2)19-15(21-5)9-7-11-17(19)23-18-12-8-10-16(22-6)20(18)14(3)4/h7-12H,1,3H2,2,4-6H3. The molecule has 0 bridgehead atoms. The summed E-state index contributed by atoms with van der Waals surface area (Å²) in [7, 11) is 3.87. The highest BCUT2D eigenvalue weighted by Crippen LogP contribution is 2.24. The fraction of sp³-hybridized carbons (Fsp3) is 0.200. The molecule has 2 rings (SSSR count). The fourth-order valence-corrected chi connectivity index (χ4v) is 4.21. The summed E-state index contributed by atoms with van der Waals surface area (Å²) < 4.78 is 11.0. The van der Waals surface area contributed by atoms with E-state index in [1.165, 1.54) is 10.4 Å². The van der Waals surface area contributed by atoms with Crippen molar-refractivity contribution in [3.8, 4) is 11.5 Å². The smallest absolute Gasteiger partial charge is 0.126 e. The first kappa shape index (κ1) is 17.1. The van der Waals surface area contributed by atoms with Crippen LogP contribution in [0.25, 0.3) is 11.1 Å². The number of allylic oxidation sites excluding steroid dienone is 2. The van der Waals surface area contributed by atoms with Gasteiger partial charge in [0.2, 0.25) is 0 Å². The van der Waals surface area contributed by atoms with Gasteiger partial charge in [-0.3, -0.25) is 0 Å². The van der Waals surface area contributed by atoms with Gasteiger partial charge in [-0.05, 0) is 47.5 Å². The number of rotatable bonds is 6. The van der Waals surface area contributed by atoms with Crippen molar-refractivity contribution < 1.29 is 9.47 Å². The van der Waals surface area contributed by atoms with E-state index in [2.05, 4.69) is 25.3 Å². The largest absolute Gasteiger partial charge is 0.496 e. The summed E-state index contributed by atoms with van der Waals surface area (Å²) in [5.74, 6) is 1.73. The summed E-state index contributed by atoms with van der Waals surface area (Å²) in [4.78, 5) is 0. The van der Waals surface area contributed by atoms with Crippen molar-refractivity contribution in [2.45, 2.75) is 13.8 Å². The number of ether oxygens (including phenoxy) is 2. The lowest BCUT2D eigenvalue weighted by atomic mass is 10.1. The Bertz CT molecular complexity index is 684. The van der Waals surface area contributed by atoms with Gasteiger partial charge >= 0.3 is 0 Å². The molecule has 23 heavy (non-hydrogen) atoms. The molecule has 0 atom stereocenters. The Morgan fingerprint density at radius 3 is 1.48 bits per heavy atom. The van der Waals surface area contributed by atoms with Gasteiger partial charge in [0.1, 0.15) is 21.0 Å². The van der Waals surface area contributed by atoms with E-state index in [1.54, 1.807) is 14.2 Å². The molecular weight excluding hydrogens is 300 g/mol. The minimum atomic E-state index is 0.477. The van der Waals surface area contributed by atoms with E-state index in [4.69, 9.17) is 9.47 Å². The molecule has 0 unspecified atom stereocenters. The molecule has 0 heterocycles. The van der Waals surface area contributed by atoms with Crippen molar-refractivity contribution >= 4 is 31.0 Å². The van der Waals surface area contributed by atoms with E-state index in [0.29, 0.717) is 9.52 Å². The molecule has 0 saturated carbocycles. The second-order valence-electron chi connectivity index (χ2n) is 5.45. The Kier molecular flexibility index (Phi) is 5.45. The fourth-order valence-electron chi connectivity index (χ4n) is 2.64. The van der Waals surface area contributed by atoms with Crippen molar-refractivity contribution in [1.29, 1.82) is 0 Å². The number of hydrogen-bond acceptors (Lipinski definition) is 2. The van der Waals surface area contributed by atoms with Gasteiger partial charge in [-0.1, -0.05) is 37.4 Å². The van der Waals surface area contributed by atoms with Crippen LogP contribution in [-0.2, 0) is 0 Å². The van der Waals surface area contributed by atoms with E-state index in [0.717, 1.165) is 33.8 Å². The third-order valence-electron chi connectivity index (χ3n) is 3.62. The summed E-state index contributed by atoms with van der Waals surface area (Å²) in [6.45, 7) is 12.2. The SMILES string of the molecule is C=C(C)c1c(OC)cccc1[Si]c1cccc(OC)c1C(=C)C. The highest BCUT2D eigenvalue weighted by atomic mass is 28.2. The summed E-state index contributed by atoms with van der Waals surface area (Å²) in [6, 6.07) is 12.3. The third kappa shape index (κ3) is 3.56. The monoisotopic (exact) mass is 322 g/mol. The molecule has 0 aliphatic heterocycles. The molecule has 0 amide bonds. The molecule has 2 radical (unpaired) electrons. The Labute approximate surface area is 141 Å². The van der Waals surface area contributed by atoms with Crippen molar-refractivity contribution in [3.63, 3.8) is 0 Å². The third-order valence-corrected chi connectivity index (χ3v) is 4.99. The highest BCUT2D eigenvalue weighted by molar-refractivity contribution is 6.69. The first-order valence-electron chi connectivity index (χ1n) is 7.42. The first-order chi connectivity index (χ1) is 11.0. The molecule has 2 aromatic rings. The molecule has 0 spiro atoms. The predicted molar refractivity (Wildman–Crippen MR) is 100 cm³/mol. The summed E-state index contributed by atoms with van der Waals surface area (Å²) in [6.07, 6.45) is 0. The minimum Gasteiger partial charge on any atom is -0.496 e. The van der Waals surface area contributed by atoms with Crippen LogP contribution in [0.2, 0.25) is 0 Å². The Morgan fingerprint density at radius 2 is 1.17 bits per heavy atom. The number of benzene rings is 2. The normalized spacial score (nSPS) is 10.3. The summed E-state index contributed by atoms with van der Waals surface area (Å²) in [5, 5.41) is 2.43. The van der Waals surface area contributed by atoms with Gasteiger partial charge in [0.25, 0.3) is 0 Å². The van der Waals surface area contributed by atoms with Crippen LogP contribution < -0.4 is 19.8 Å². The molecule has 0 saturated heterocycles. The second kappa shape index (κ2) is 7.33. The molecule has 0 aromatic heterocycles. The van der Waals surface area contributed by atoms with E-state index in [-0.39, 0.29) is 0 Å². The van der Waals surface area contributed by atoms with Gasteiger partial charge in [-0.15, -0.1) is 0 Å². The van der Waals surface area contributed by atoms with Gasteiger partial charge in [0.05, 0.1) is 14.2 Å². The van der Waals surface area contributed by atoms with Crippen molar-refractivity contribution in [2.75, 3.05) is 14.2 Å². The van der Waals surface area contributed by atoms with E-state index < -0.39 is 0 Å². The zero-order valence-corrected chi connectivity index (χ0v) is 15.2. The predicted octanol–water partition coefficient (Wildman–Crippen LogP) is 3.43. The van der Waals surface area contributed by atoms with Gasteiger partial charge < -0.3 is 9.47 Å². The van der Waals surface area contributed by atoms with Crippen LogP contribution in [0.5, 0.6) is 11.5 Å². The van der Waals surface area contributed by atoms with E-state index >= 15 is 0 Å². The van der Waals surface area contributed by atoms with Crippen LogP contribution in [0.3, 0.4) is 0 Å². The van der Waals surface area contributed by atoms with Crippen molar-refractivity contribution in [3.05, 3.63) is 60.7 Å². The first-order valence-corrected chi connectivity index (χ1v) is 8.42. The molecule has 118 valence electrons. The molecule has 2 aromatic carbocycles. The minimum absolute atomic E-state index is 0.477. The second-order valence-corrected chi connectivity index (χ2v) is 6.78. The summed E-state index contributed by atoms with van der Waals surface area (Å²) >= 11 is 0. The Balaban J connectivity index is 2.57. The van der Waals surface area contributed by atoms with Gasteiger partial charge in [-0.2, -0.15) is 0 Å². The maximum Gasteiger partial charge on any atom is 0.126 e. The van der Waals surface area contributed by atoms with E-state index in [9.17, 15) is 0 Å². The Morgan fingerprint density at radius 1 is 0.783 bits per heavy atom. The Hall–Kier alpha value is -2.26. The molecule has 0 N–H and O–H groups in total. The molecule has 0 fully saturated rings. The van der Waals surface area contributed by atoms with Crippen LogP contribution in [0.15, 0.2) is 49.6 Å². The lowest BCUT2D eigenvalue weighted by Gasteiger charge is -2.17. The quantitative estimate of drug-likeness (QED) is 0.759. The van der Waals surface area contributed by atoms with Crippen LogP contribution >= 0.6 is 0 Å². The van der Waals surface area contributed by atoms with E-state index in [1.807, 2.05) is 38.1 Å². The highest BCUT2D eigenvalue weighted by Gasteiger charge is 2.15. The van der Waals surface area contributed by atoms with Gasteiger partial charge in [0.15, 0.2) is 0 Å². The van der Waals surface area contributed by atoms with Crippen LogP contribution in [0, 0.1) is 0 Å². The van der Waals surface area contributed by atoms with Crippen molar-refractivity contribution in [1.82, 2.24) is 0 Å². The zero-order valence-electron chi connectivity index (χ0n) is 14.2. The average molecular weight is 322 g/mol. The maximum absolute atomic E-state index is 5.51. The molecule has 0 aliphatic carbocycles. The van der Waals surface area contributed by atoms with Gasteiger partial charge in [-0.25, -0.2) is 0 Å². The lowest BCUT2D eigenvalue weighted by molar-refractivity contribution is 0.414.